The minimum absolute atomic E-state index is 0. The second-order valence-electron chi connectivity index (χ2n) is 5.66. The van der Waals surface area contributed by atoms with Crippen molar-refractivity contribution in [2.75, 3.05) is 26.2 Å². The molecule has 116 valence electrons. The van der Waals surface area contributed by atoms with Crippen molar-refractivity contribution in [3.05, 3.63) is 0 Å². The summed E-state index contributed by atoms with van der Waals surface area (Å²) in [6, 6.07) is 0.482. The Morgan fingerprint density at radius 1 is 1.16 bits per heavy atom. The predicted octanol–water partition coefficient (Wildman–Crippen LogP) is 2.69. The van der Waals surface area contributed by atoms with Crippen molar-refractivity contribution < 1.29 is 0 Å². The van der Waals surface area contributed by atoms with E-state index < -0.39 is 0 Å². The van der Waals surface area contributed by atoms with Crippen LogP contribution in [0.3, 0.4) is 0 Å². The summed E-state index contributed by atoms with van der Waals surface area (Å²) in [7, 11) is 0. The summed E-state index contributed by atoms with van der Waals surface area (Å²) in [6.45, 7) is 19.0. The molecular weight excluding hydrogens is 351 g/mol. The topological polar surface area (TPSA) is 39.7 Å². The van der Waals surface area contributed by atoms with E-state index in [0.29, 0.717) is 6.04 Å². The number of nitrogens with one attached hydrogen (secondary N) is 2. The Bertz CT molecular complexity index is 244. The van der Waals surface area contributed by atoms with Crippen LogP contribution >= 0.6 is 24.0 Å². The van der Waals surface area contributed by atoms with E-state index in [0.717, 1.165) is 32.1 Å². The van der Waals surface area contributed by atoms with Crippen molar-refractivity contribution in [1.82, 2.24) is 15.5 Å². The molecule has 0 aromatic rings. The van der Waals surface area contributed by atoms with Crippen LogP contribution in [0.1, 0.15) is 48.5 Å². The molecule has 0 aliphatic heterocycles. The maximum atomic E-state index is 4.67. The Morgan fingerprint density at radius 3 is 2.05 bits per heavy atom. The van der Waals surface area contributed by atoms with Crippen molar-refractivity contribution in [2.24, 2.45) is 4.99 Å². The average molecular weight is 384 g/mol. The number of aliphatic imine (C=N–C) groups is 1. The maximum Gasteiger partial charge on any atom is 0.191 e. The van der Waals surface area contributed by atoms with Crippen molar-refractivity contribution in [3.63, 3.8) is 0 Å². The second-order valence-corrected chi connectivity index (χ2v) is 5.66. The van der Waals surface area contributed by atoms with Crippen LogP contribution in [0.25, 0.3) is 0 Å². The smallest absolute Gasteiger partial charge is 0.191 e. The first-order chi connectivity index (χ1) is 8.34. The molecule has 1 unspecified atom stereocenters. The zero-order valence-electron chi connectivity index (χ0n) is 13.7. The third-order valence-electron chi connectivity index (χ3n) is 2.79. The van der Waals surface area contributed by atoms with E-state index in [1.165, 1.54) is 0 Å². The van der Waals surface area contributed by atoms with E-state index in [-0.39, 0.29) is 29.5 Å². The van der Waals surface area contributed by atoms with Gasteiger partial charge in [-0.15, -0.1) is 24.0 Å². The van der Waals surface area contributed by atoms with E-state index in [2.05, 4.69) is 69.0 Å². The molecule has 1 atom stereocenters. The van der Waals surface area contributed by atoms with Crippen molar-refractivity contribution in [3.8, 4) is 0 Å². The van der Waals surface area contributed by atoms with Gasteiger partial charge in [-0.25, -0.2) is 0 Å². The maximum absolute atomic E-state index is 4.67. The summed E-state index contributed by atoms with van der Waals surface area (Å²) < 4.78 is 0. The van der Waals surface area contributed by atoms with Crippen LogP contribution in [0.15, 0.2) is 4.99 Å². The van der Waals surface area contributed by atoms with E-state index in [1.807, 2.05) is 0 Å². The standard InChI is InChI=1S/C14H32N4.HI/c1-8-15-13(17-14(5,6)7)16-11-12(4)18(9-2)10-3;/h12H,8-11H2,1-7H3,(H2,15,16,17);1H. The van der Waals surface area contributed by atoms with Crippen LogP contribution in [-0.4, -0.2) is 48.6 Å². The number of halogens is 1. The molecule has 0 aromatic heterocycles. The number of likely N-dealkylation sites (N-methyl/N-ethyl adjacent to an activating group) is 1. The molecule has 0 bridgehead atoms. The van der Waals surface area contributed by atoms with Crippen LogP contribution in [-0.2, 0) is 0 Å². The lowest BCUT2D eigenvalue weighted by atomic mass is 10.1. The number of hydrogen-bond donors (Lipinski definition) is 2. The Morgan fingerprint density at radius 2 is 1.68 bits per heavy atom. The number of rotatable bonds is 6. The highest BCUT2D eigenvalue weighted by molar-refractivity contribution is 14.0. The molecule has 0 saturated carbocycles. The number of hydrogen-bond acceptors (Lipinski definition) is 2. The lowest BCUT2D eigenvalue weighted by molar-refractivity contribution is 0.236. The zero-order valence-corrected chi connectivity index (χ0v) is 16.0. The molecule has 5 heteroatoms. The first-order valence-corrected chi connectivity index (χ1v) is 7.14. The molecule has 0 spiro atoms. The fourth-order valence-corrected chi connectivity index (χ4v) is 1.85. The van der Waals surface area contributed by atoms with Gasteiger partial charge in [0.2, 0.25) is 0 Å². The summed E-state index contributed by atoms with van der Waals surface area (Å²) in [5, 5.41) is 6.70. The number of guanidine groups is 1. The van der Waals surface area contributed by atoms with Gasteiger partial charge in [-0.2, -0.15) is 0 Å². The SMILES string of the molecule is CCNC(=NCC(C)N(CC)CC)NC(C)(C)C.I. The summed E-state index contributed by atoms with van der Waals surface area (Å²) in [6.07, 6.45) is 0. The molecular formula is C14H33IN4. The molecule has 2 N–H and O–H groups in total. The summed E-state index contributed by atoms with van der Waals surface area (Å²) in [5.74, 6) is 0.906. The summed E-state index contributed by atoms with van der Waals surface area (Å²) in [5.41, 5.74) is 0.0411. The molecule has 0 rings (SSSR count). The van der Waals surface area contributed by atoms with E-state index in [1.54, 1.807) is 0 Å². The first-order valence-electron chi connectivity index (χ1n) is 7.14. The van der Waals surface area contributed by atoms with Crippen molar-refractivity contribution in [1.29, 1.82) is 0 Å². The molecule has 0 saturated heterocycles. The molecule has 0 aromatic carbocycles. The lowest BCUT2D eigenvalue weighted by Gasteiger charge is -2.27. The Kier molecular flexibility index (Phi) is 12.0. The van der Waals surface area contributed by atoms with Crippen LogP contribution in [0.4, 0.5) is 0 Å². The van der Waals surface area contributed by atoms with E-state index in [4.69, 9.17) is 0 Å². The quantitative estimate of drug-likeness (QED) is 0.420. The lowest BCUT2D eigenvalue weighted by Crippen LogP contribution is -2.48. The third kappa shape index (κ3) is 10.4. The summed E-state index contributed by atoms with van der Waals surface area (Å²) in [4.78, 5) is 7.09. The third-order valence-corrected chi connectivity index (χ3v) is 2.79. The molecule has 19 heavy (non-hydrogen) atoms. The fraction of sp³-hybridized carbons (Fsp3) is 0.929. The second kappa shape index (κ2) is 10.7. The summed E-state index contributed by atoms with van der Waals surface area (Å²) >= 11 is 0. The molecule has 0 radical (unpaired) electrons. The van der Waals surface area contributed by atoms with Gasteiger partial charge in [0.25, 0.3) is 0 Å². The highest BCUT2D eigenvalue weighted by Gasteiger charge is 2.13. The minimum Gasteiger partial charge on any atom is -0.357 e. The van der Waals surface area contributed by atoms with Crippen LogP contribution < -0.4 is 10.6 Å². The fourth-order valence-electron chi connectivity index (χ4n) is 1.85. The van der Waals surface area contributed by atoms with Gasteiger partial charge in [-0.3, -0.25) is 9.89 Å². The average Bonchev–Trinajstić information content (AvgIpc) is 2.26. The number of nitrogens with zero attached hydrogens (tertiary/aromatic N) is 2. The molecule has 0 fully saturated rings. The predicted molar refractivity (Wildman–Crippen MR) is 96.7 cm³/mol. The van der Waals surface area contributed by atoms with E-state index in [9.17, 15) is 0 Å². The van der Waals surface area contributed by atoms with Gasteiger partial charge in [-0.05, 0) is 47.7 Å². The first kappa shape index (κ1) is 21.3. The Balaban J connectivity index is 0. The van der Waals surface area contributed by atoms with Gasteiger partial charge in [-0.1, -0.05) is 13.8 Å². The van der Waals surface area contributed by atoms with Gasteiger partial charge >= 0.3 is 0 Å². The van der Waals surface area contributed by atoms with Gasteiger partial charge < -0.3 is 10.6 Å². The van der Waals surface area contributed by atoms with Crippen LogP contribution in [0.5, 0.6) is 0 Å². The van der Waals surface area contributed by atoms with Gasteiger partial charge in [0.15, 0.2) is 5.96 Å². The van der Waals surface area contributed by atoms with Crippen molar-refractivity contribution >= 4 is 29.9 Å². The Labute approximate surface area is 136 Å². The van der Waals surface area contributed by atoms with Gasteiger partial charge in [0.05, 0.1) is 6.54 Å². The van der Waals surface area contributed by atoms with Crippen molar-refractivity contribution in [2.45, 2.75) is 60.0 Å². The monoisotopic (exact) mass is 384 g/mol. The highest BCUT2D eigenvalue weighted by atomic mass is 127. The van der Waals surface area contributed by atoms with Crippen LogP contribution in [0, 0.1) is 0 Å². The molecule has 4 nitrogen and oxygen atoms in total. The Hall–Kier alpha value is -0.0400. The van der Waals surface area contributed by atoms with Gasteiger partial charge in [0, 0.05) is 18.1 Å². The molecule has 0 heterocycles. The highest BCUT2D eigenvalue weighted by Crippen LogP contribution is 2.01. The normalized spacial score (nSPS) is 14.0. The minimum atomic E-state index is 0. The zero-order chi connectivity index (χ0) is 14.2. The molecule has 0 aliphatic rings. The molecule has 0 aliphatic carbocycles. The van der Waals surface area contributed by atoms with Crippen LogP contribution in [0.2, 0.25) is 0 Å². The van der Waals surface area contributed by atoms with E-state index >= 15 is 0 Å². The molecule has 0 amide bonds. The van der Waals surface area contributed by atoms with Gasteiger partial charge in [0.1, 0.15) is 0 Å². The largest absolute Gasteiger partial charge is 0.357 e.